The van der Waals surface area contributed by atoms with E-state index in [9.17, 15) is 17.6 Å². The monoisotopic (exact) mass is 407 g/mol. The third-order valence-corrected chi connectivity index (χ3v) is 6.44. The number of piperidine rings is 1. The van der Waals surface area contributed by atoms with Gasteiger partial charge in [0, 0.05) is 39.1 Å². The van der Waals surface area contributed by atoms with Gasteiger partial charge in [0.2, 0.25) is 15.9 Å². The van der Waals surface area contributed by atoms with E-state index in [1.54, 1.807) is 0 Å². The van der Waals surface area contributed by atoms with Crippen LogP contribution in [0.3, 0.4) is 0 Å². The average molecular weight is 408 g/mol. The van der Waals surface area contributed by atoms with Crippen LogP contribution in [0.5, 0.6) is 0 Å². The predicted molar refractivity (Wildman–Crippen MR) is 101 cm³/mol. The van der Waals surface area contributed by atoms with Gasteiger partial charge in [-0.3, -0.25) is 4.79 Å². The number of benzene rings is 1. The molecular weight excluding hydrogens is 381 g/mol. The summed E-state index contributed by atoms with van der Waals surface area (Å²) in [4.78, 5) is 14.2. The molecule has 1 fully saturated rings. The van der Waals surface area contributed by atoms with Crippen LogP contribution in [0.2, 0.25) is 0 Å². The van der Waals surface area contributed by atoms with Gasteiger partial charge >= 0.3 is 0 Å². The number of carbonyl (C=O) groups is 1. The van der Waals surface area contributed by atoms with Crippen LogP contribution >= 0.6 is 12.4 Å². The van der Waals surface area contributed by atoms with Crippen LogP contribution in [0.15, 0.2) is 29.2 Å². The lowest BCUT2D eigenvalue weighted by atomic mass is 10.1. The molecule has 0 radical (unpaired) electrons. The van der Waals surface area contributed by atoms with Crippen LogP contribution < -0.4 is 5.32 Å². The highest BCUT2D eigenvalue weighted by Crippen LogP contribution is 2.16. The minimum atomic E-state index is -3.66. The van der Waals surface area contributed by atoms with Crippen LogP contribution in [0, 0.1) is 5.82 Å². The van der Waals surface area contributed by atoms with Crippen LogP contribution in [-0.2, 0) is 14.8 Å². The lowest BCUT2D eigenvalue weighted by molar-refractivity contribution is -0.132. The standard InChI is InChI=1S/C17H26FN3O3S.ClH/c1-19-15-5-3-12-21(13-15)17(22)6-4-11-20(2)25(23,24)16-9-7-14(18)8-10-16;/h7-10,15,19H,3-6,11-13H2,1-2H3;1H. The molecule has 0 saturated carbocycles. The number of nitrogens with one attached hydrogen (secondary N) is 1. The molecule has 26 heavy (non-hydrogen) atoms. The third kappa shape index (κ3) is 5.90. The Bertz CT molecular complexity index is 685. The summed E-state index contributed by atoms with van der Waals surface area (Å²) in [7, 11) is -0.289. The van der Waals surface area contributed by atoms with Crippen LogP contribution in [0.4, 0.5) is 4.39 Å². The molecule has 1 unspecified atom stereocenters. The Kier molecular flexibility index (Phi) is 8.95. The maximum absolute atomic E-state index is 12.9. The summed E-state index contributed by atoms with van der Waals surface area (Å²) < 4.78 is 39.0. The van der Waals surface area contributed by atoms with Gasteiger partial charge in [0.1, 0.15) is 5.82 Å². The lowest BCUT2D eigenvalue weighted by Gasteiger charge is -2.32. The van der Waals surface area contributed by atoms with E-state index >= 15 is 0 Å². The molecular formula is C17H27ClFN3O3S. The van der Waals surface area contributed by atoms with E-state index in [1.807, 2.05) is 11.9 Å². The summed E-state index contributed by atoms with van der Waals surface area (Å²) in [6.07, 6.45) is 2.82. The first-order valence-electron chi connectivity index (χ1n) is 8.51. The minimum Gasteiger partial charge on any atom is -0.341 e. The van der Waals surface area contributed by atoms with Gasteiger partial charge in [0.05, 0.1) is 4.90 Å². The normalized spacial score (nSPS) is 17.8. The minimum absolute atomic E-state index is 0. The number of halogens is 2. The highest BCUT2D eigenvalue weighted by atomic mass is 35.5. The van der Waals surface area contributed by atoms with Crippen molar-refractivity contribution in [2.24, 2.45) is 0 Å². The SMILES string of the molecule is CNC1CCCN(C(=O)CCCN(C)S(=O)(=O)c2ccc(F)cc2)C1.Cl. The Balaban J connectivity index is 0.00000338. The summed E-state index contributed by atoms with van der Waals surface area (Å²) in [6, 6.07) is 5.08. The van der Waals surface area contributed by atoms with Gasteiger partial charge in [-0.1, -0.05) is 0 Å². The van der Waals surface area contributed by atoms with E-state index in [4.69, 9.17) is 0 Å². The van der Waals surface area contributed by atoms with E-state index in [0.717, 1.165) is 31.5 Å². The number of rotatable bonds is 7. The van der Waals surface area contributed by atoms with Crippen molar-refractivity contribution >= 4 is 28.3 Å². The van der Waals surface area contributed by atoms with Crippen molar-refractivity contribution in [3.63, 3.8) is 0 Å². The Labute approximate surface area is 161 Å². The number of hydrogen-bond donors (Lipinski definition) is 1. The van der Waals surface area contributed by atoms with Gasteiger partial charge in [-0.2, -0.15) is 0 Å². The van der Waals surface area contributed by atoms with Crippen molar-refractivity contribution in [1.29, 1.82) is 0 Å². The molecule has 1 amide bonds. The number of carbonyl (C=O) groups excluding carboxylic acids is 1. The molecule has 0 spiro atoms. The Morgan fingerprint density at radius 1 is 1.35 bits per heavy atom. The smallest absolute Gasteiger partial charge is 0.242 e. The van der Waals surface area contributed by atoms with Gasteiger partial charge in [0.25, 0.3) is 0 Å². The second kappa shape index (κ2) is 10.2. The summed E-state index contributed by atoms with van der Waals surface area (Å²) in [5.74, 6) is -0.416. The maximum Gasteiger partial charge on any atom is 0.242 e. The molecule has 1 saturated heterocycles. The van der Waals surface area contributed by atoms with E-state index in [-0.39, 0.29) is 29.8 Å². The molecule has 1 aromatic carbocycles. The molecule has 1 heterocycles. The molecule has 0 bridgehead atoms. The van der Waals surface area contributed by atoms with Gasteiger partial charge in [0.15, 0.2) is 0 Å². The molecule has 0 aromatic heterocycles. The fourth-order valence-electron chi connectivity index (χ4n) is 2.96. The molecule has 9 heteroatoms. The Hall–Kier alpha value is -1.22. The van der Waals surface area contributed by atoms with Crippen molar-refractivity contribution in [2.45, 2.75) is 36.6 Å². The zero-order valence-corrected chi connectivity index (χ0v) is 16.8. The topological polar surface area (TPSA) is 69.7 Å². The third-order valence-electron chi connectivity index (χ3n) is 4.57. The fraction of sp³-hybridized carbons (Fsp3) is 0.588. The largest absolute Gasteiger partial charge is 0.341 e. The molecule has 1 aliphatic rings. The molecule has 1 N–H and O–H groups in total. The summed E-state index contributed by atoms with van der Waals surface area (Å²) in [5.41, 5.74) is 0. The quantitative estimate of drug-likeness (QED) is 0.749. The average Bonchev–Trinajstić information content (AvgIpc) is 2.61. The summed E-state index contributed by atoms with van der Waals surface area (Å²) in [5, 5.41) is 3.20. The number of likely N-dealkylation sites (tertiary alicyclic amines) is 1. The second-order valence-corrected chi connectivity index (χ2v) is 8.40. The molecule has 148 valence electrons. The van der Waals surface area contributed by atoms with Crippen molar-refractivity contribution in [1.82, 2.24) is 14.5 Å². The first kappa shape index (κ1) is 22.8. The zero-order valence-electron chi connectivity index (χ0n) is 15.2. The fourth-order valence-corrected chi connectivity index (χ4v) is 4.17. The molecule has 1 aromatic rings. The van der Waals surface area contributed by atoms with E-state index in [2.05, 4.69) is 5.32 Å². The van der Waals surface area contributed by atoms with Crippen molar-refractivity contribution in [3.8, 4) is 0 Å². The number of amides is 1. The van der Waals surface area contributed by atoms with Crippen molar-refractivity contribution in [3.05, 3.63) is 30.1 Å². The Morgan fingerprint density at radius 2 is 2.00 bits per heavy atom. The highest BCUT2D eigenvalue weighted by Gasteiger charge is 2.24. The predicted octanol–water partition coefficient (Wildman–Crippen LogP) is 1.86. The lowest BCUT2D eigenvalue weighted by Crippen LogP contribution is -2.47. The van der Waals surface area contributed by atoms with Crippen LogP contribution in [-0.4, -0.2) is 63.3 Å². The molecule has 6 nitrogen and oxygen atoms in total. The molecule has 1 aliphatic heterocycles. The number of nitrogens with zero attached hydrogens (tertiary/aromatic N) is 2. The van der Waals surface area contributed by atoms with Crippen LogP contribution in [0.1, 0.15) is 25.7 Å². The first-order chi connectivity index (χ1) is 11.8. The highest BCUT2D eigenvalue weighted by molar-refractivity contribution is 7.89. The van der Waals surface area contributed by atoms with E-state index < -0.39 is 15.8 Å². The first-order valence-corrected chi connectivity index (χ1v) is 9.95. The second-order valence-electron chi connectivity index (χ2n) is 6.35. The summed E-state index contributed by atoms with van der Waals surface area (Å²) in [6.45, 7) is 1.72. The van der Waals surface area contributed by atoms with Gasteiger partial charge in [-0.25, -0.2) is 17.1 Å². The molecule has 2 rings (SSSR count). The van der Waals surface area contributed by atoms with Gasteiger partial charge < -0.3 is 10.2 Å². The number of sulfonamides is 1. The van der Waals surface area contributed by atoms with E-state index in [1.165, 1.54) is 23.5 Å². The van der Waals surface area contributed by atoms with Gasteiger partial charge in [-0.05, 0) is 50.6 Å². The van der Waals surface area contributed by atoms with E-state index in [0.29, 0.717) is 25.4 Å². The van der Waals surface area contributed by atoms with Crippen molar-refractivity contribution < 1.29 is 17.6 Å². The summed E-state index contributed by atoms with van der Waals surface area (Å²) >= 11 is 0. The number of hydrogen-bond acceptors (Lipinski definition) is 4. The zero-order chi connectivity index (χ0) is 18.4. The maximum atomic E-state index is 12.9. The van der Waals surface area contributed by atoms with Gasteiger partial charge in [-0.15, -0.1) is 12.4 Å². The van der Waals surface area contributed by atoms with Crippen molar-refractivity contribution in [2.75, 3.05) is 33.7 Å². The molecule has 1 atom stereocenters. The molecule has 0 aliphatic carbocycles. The number of likely N-dealkylation sites (N-methyl/N-ethyl adjacent to an activating group) is 1. The Morgan fingerprint density at radius 3 is 2.62 bits per heavy atom. The van der Waals surface area contributed by atoms with Crippen LogP contribution in [0.25, 0.3) is 0 Å².